The van der Waals surface area contributed by atoms with E-state index in [-0.39, 0.29) is 0 Å². The average Bonchev–Trinajstić information content (AvgIpc) is 2.31. The number of nitrogens with zero attached hydrogens (tertiary/aromatic N) is 1. The number of amides is 1. The number of carboxylic acid groups (broad SMARTS) is 2. The highest BCUT2D eigenvalue weighted by Gasteiger charge is 2.66. The second kappa shape index (κ2) is 4.28. The maximum absolute atomic E-state index is 11.7. The van der Waals surface area contributed by atoms with E-state index >= 15 is 0 Å². The molecule has 8 heteroatoms. The van der Waals surface area contributed by atoms with E-state index < -0.39 is 41.3 Å². The lowest BCUT2D eigenvalue weighted by molar-refractivity contribution is -0.200. The average molecular weight is 259 g/mol. The Balaban J connectivity index is 3.17. The first-order valence-electron chi connectivity index (χ1n) is 5.07. The molecule has 2 N–H and O–H groups in total. The van der Waals surface area contributed by atoms with Gasteiger partial charge in [-0.25, -0.2) is 14.4 Å². The van der Waals surface area contributed by atoms with Crippen molar-refractivity contribution < 1.29 is 34.1 Å². The number of esters is 1. The van der Waals surface area contributed by atoms with Gasteiger partial charge in [-0.3, -0.25) is 4.79 Å². The fourth-order valence-electron chi connectivity index (χ4n) is 2.10. The summed E-state index contributed by atoms with van der Waals surface area (Å²) < 4.78 is 4.19. The van der Waals surface area contributed by atoms with Crippen molar-refractivity contribution in [2.75, 3.05) is 7.11 Å². The fourth-order valence-corrected chi connectivity index (χ4v) is 2.10. The minimum atomic E-state index is -1.73. The molecule has 0 spiro atoms. The molecular weight excluding hydrogens is 246 g/mol. The number of methoxy groups -OCH3 is 1. The summed E-state index contributed by atoms with van der Waals surface area (Å²) in [7, 11) is 0.956. The Labute approximate surface area is 102 Å². The van der Waals surface area contributed by atoms with Gasteiger partial charge in [-0.2, -0.15) is 0 Å². The van der Waals surface area contributed by atoms with Crippen LogP contribution >= 0.6 is 0 Å². The molecule has 1 fully saturated rings. The molecule has 100 valence electrons. The van der Waals surface area contributed by atoms with Crippen molar-refractivity contribution in [3.8, 4) is 0 Å². The highest BCUT2D eigenvalue weighted by Crippen LogP contribution is 2.42. The first kappa shape index (κ1) is 13.9. The molecule has 8 nitrogen and oxygen atoms in total. The van der Waals surface area contributed by atoms with Crippen LogP contribution in [-0.4, -0.2) is 57.6 Å². The summed E-state index contributed by atoms with van der Waals surface area (Å²) in [5, 5.41) is 18.0. The fraction of sp³-hybridized carbons (Fsp3) is 0.600. The van der Waals surface area contributed by atoms with Crippen LogP contribution < -0.4 is 0 Å². The van der Waals surface area contributed by atoms with Gasteiger partial charge in [0.1, 0.15) is 11.6 Å². The number of likely N-dealkylation sites (tertiary alicyclic amines) is 1. The van der Waals surface area contributed by atoms with Gasteiger partial charge >= 0.3 is 23.8 Å². The summed E-state index contributed by atoms with van der Waals surface area (Å²) in [5.41, 5.74) is -1.73. The summed E-state index contributed by atoms with van der Waals surface area (Å²) >= 11 is 0. The molecule has 1 aliphatic heterocycles. The van der Waals surface area contributed by atoms with Gasteiger partial charge in [0.15, 0.2) is 0 Å². The van der Waals surface area contributed by atoms with Crippen molar-refractivity contribution in [3.63, 3.8) is 0 Å². The van der Waals surface area contributed by atoms with Crippen molar-refractivity contribution in [2.24, 2.45) is 5.92 Å². The lowest BCUT2D eigenvalue weighted by atomic mass is 9.69. The maximum Gasteiger partial charge on any atom is 0.396 e. The van der Waals surface area contributed by atoms with Crippen LogP contribution in [0.15, 0.2) is 0 Å². The van der Waals surface area contributed by atoms with Crippen LogP contribution in [0.3, 0.4) is 0 Å². The zero-order chi connectivity index (χ0) is 14.2. The maximum atomic E-state index is 11.7. The number of ether oxygens (including phenoxy) is 1. The van der Waals surface area contributed by atoms with E-state index in [1.54, 1.807) is 0 Å². The molecule has 1 unspecified atom stereocenters. The zero-order valence-electron chi connectivity index (χ0n) is 10.0. The quantitative estimate of drug-likeness (QED) is 0.478. The summed E-state index contributed by atoms with van der Waals surface area (Å²) in [6, 6.07) is -1.35. The molecule has 18 heavy (non-hydrogen) atoms. The van der Waals surface area contributed by atoms with Crippen LogP contribution in [-0.2, 0) is 23.9 Å². The monoisotopic (exact) mass is 259 g/mol. The molecule has 1 rings (SSSR count). The Morgan fingerprint density at radius 2 is 1.72 bits per heavy atom. The van der Waals surface area contributed by atoms with E-state index in [0.29, 0.717) is 4.90 Å². The van der Waals surface area contributed by atoms with E-state index in [1.165, 1.54) is 13.8 Å². The van der Waals surface area contributed by atoms with Gasteiger partial charge in [0.2, 0.25) is 0 Å². The van der Waals surface area contributed by atoms with Crippen LogP contribution in [0.1, 0.15) is 13.8 Å². The number of rotatable bonds is 2. The Hall–Kier alpha value is -2.12. The Morgan fingerprint density at radius 3 is 2.06 bits per heavy atom. The third-order valence-electron chi connectivity index (χ3n) is 3.40. The highest BCUT2D eigenvalue weighted by molar-refractivity contribution is 6.33. The summed E-state index contributed by atoms with van der Waals surface area (Å²) in [6.07, 6.45) is 0. The van der Waals surface area contributed by atoms with Gasteiger partial charge in [0.25, 0.3) is 0 Å². The predicted molar refractivity (Wildman–Crippen MR) is 55.5 cm³/mol. The number of aliphatic carboxylic acids is 2. The minimum absolute atomic E-state index is 0.536. The van der Waals surface area contributed by atoms with Crippen LogP contribution in [0.5, 0.6) is 0 Å². The Bertz CT molecular complexity index is 432. The predicted octanol–water partition coefficient (Wildman–Crippen LogP) is -1.07. The molecule has 1 heterocycles. The van der Waals surface area contributed by atoms with Gasteiger partial charge < -0.3 is 19.8 Å². The standard InChI is InChI=1S/C10H13NO7/c1-4-5(7(13)14)11(6(12)8(15)18-3)10(4,2)9(16)17/h4-5H,1-3H3,(H,13,14)(H,16,17)/t4?,5-,10-/m0/s1. The number of carboxylic acids is 2. The summed E-state index contributed by atoms with van der Waals surface area (Å²) in [4.78, 5) is 45.5. The van der Waals surface area contributed by atoms with Gasteiger partial charge in [-0.1, -0.05) is 6.92 Å². The first-order valence-corrected chi connectivity index (χ1v) is 5.07. The first-order chi connectivity index (χ1) is 8.19. The largest absolute Gasteiger partial charge is 0.480 e. The van der Waals surface area contributed by atoms with E-state index in [1.807, 2.05) is 0 Å². The van der Waals surface area contributed by atoms with E-state index in [9.17, 15) is 19.2 Å². The summed E-state index contributed by atoms with van der Waals surface area (Å²) in [6.45, 7) is 2.59. The topological polar surface area (TPSA) is 121 Å². The van der Waals surface area contributed by atoms with Crippen LogP contribution in [0.25, 0.3) is 0 Å². The number of hydrogen-bond donors (Lipinski definition) is 2. The normalized spacial score (nSPS) is 30.3. The highest BCUT2D eigenvalue weighted by atomic mass is 16.5. The molecule has 1 saturated heterocycles. The molecule has 0 aromatic rings. The van der Waals surface area contributed by atoms with Gasteiger partial charge in [-0.15, -0.1) is 0 Å². The molecule has 0 bridgehead atoms. The Morgan fingerprint density at radius 1 is 1.22 bits per heavy atom. The van der Waals surface area contributed by atoms with Crippen molar-refractivity contribution >= 4 is 23.8 Å². The molecule has 0 saturated carbocycles. The lowest BCUT2D eigenvalue weighted by Gasteiger charge is -2.56. The molecule has 0 aliphatic carbocycles. The third-order valence-corrected chi connectivity index (χ3v) is 3.40. The molecule has 0 aromatic heterocycles. The van der Waals surface area contributed by atoms with Gasteiger partial charge in [0.05, 0.1) is 7.11 Å². The van der Waals surface area contributed by atoms with Crippen molar-refractivity contribution in [1.29, 1.82) is 0 Å². The number of carbonyl (C=O) groups is 4. The molecule has 1 aliphatic rings. The van der Waals surface area contributed by atoms with Crippen LogP contribution in [0.4, 0.5) is 0 Å². The van der Waals surface area contributed by atoms with Crippen molar-refractivity contribution in [2.45, 2.75) is 25.4 Å². The third kappa shape index (κ3) is 1.60. The molecule has 0 aromatic carbocycles. The number of carbonyl (C=O) groups excluding carboxylic acids is 2. The van der Waals surface area contributed by atoms with E-state index in [0.717, 1.165) is 7.11 Å². The number of hydrogen-bond acceptors (Lipinski definition) is 5. The van der Waals surface area contributed by atoms with E-state index in [4.69, 9.17) is 10.2 Å². The van der Waals surface area contributed by atoms with Crippen molar-refractivity contribution in [1.82, 2.24) is 4.90 Å². The molecule has 0 radical (unpaired) electrons. The van der Waals surface area contributed by atoms with Crippen LogP contribution in [0.2, 0.25) is 0 Å². The SMILES string of the molecule is COC(=O)C(=O)N1[C@H](C(=O)O)C(C)[C@@]1(C)C(=O)O. The molecule has 1 amide bonds. The van der Waals surface area contributed by atoms with Crippen molar-refractivity contribution in [3.05, 3.63) is 0 Å². The minimum Gasteiger partial charge on any atom is -0.480 e. The van der Waals surface area contributed by atoms with Crippen LogP contribution in [0, 0.1) is 5.92 Å². The lowest BCUT2D eigenvalue weighted by Crippen LogP contribution is -2.78. The second-order valence-electron chi connectivity index (χ2n) is 4.19. The molecule has 3 atom stereocenters. The van der Waals surface area contributed by atoms with E-state index in [2.05, 4.69) is 4.74 Å². The van der Waals surface area contributed by atoms with Gasteiger partial charge in [0, 0.05) is 5.92 Å². The zero-order valence-corrected chi connectivity index (χ0v) is 10.0. The molecular formula is C10H13NO7. The van der Waals surface area contributed by atoms with Gasteiger partial charge in [-0.05, 0) is 6.92 Å². The Kier molecular flexibility index (Phi) is 3.32. The summed E-state index contributed by atoms with van der Waals surface area (Å²) in [5.74, 6) is -6.11. The smallest absolute Gasteiger partial charge is 0.396 e. The second-order valence-corrected chi connectivity index (χ2v) is 4.19.